The number of hydrogen-bond donors (Lipinski definition) is 5. The second kappa shape index (κ2) is 11.5. The molecule has 2 aliphatic rings. The molecular weight excluding hydrogens is 408 g/mol. The molecule has 2 bridgehead atoms. The van der Waals surface area contributed by atoms with Crippen molar-refractivity contribution in [2.24, 2.45) is 11.8 Å². The maximum atomic E-state index is 13.0. The van der Waals surface area contributed by atoms with E-state index in [4.69, 9.17) is 10.1 Å². The van der Waals surface area contributed by atoms with Crippen LogP contribution in [0.4, 0.5) is 0 Å². The summed E-state index contributed by atoms with van der Waals surface area (Å²) in [5.41, 5.74) is -0.509. The van der Waals surface area contributed by atoms with Gasteiger partial charge in [-0.3, -0.25) is 9.59 Å². The van der Waals surface area contributed by atoms with E-state index in [1.54, 1.807) is 12.3 Å². The zero-order valence-electron chi connectivity index (χ0n) is 20.0. The number of ether oxygens (including phenoxy) is 1. The molecule has 0 aliphatic heterocycles. The Kier molecular flexibility index (Phi) is 9.31. The van der Waals surface area contributed by atoms with Gasteiger partial charge in [0, 0.05) is 31.4 Å². The lowest BCUT2D eigenvalue weighted by Gasteiger charge is -2.46. The van der Waals surface area contributed by atoms with Crippen molar-refractivity contribution in [3.63, 3.8) is 0 Å². The fraction of sp³-hybridized carbons (Fsp3) is 0.708. The minimum atomic E-state index is -0.603. The first kappa shape index (κ1) is 25.9. The van der Waals surface area contributed by atoms with Gasteiger partial charge in [0.05, 0.1) is 11.7 Å². The third-order valence-electron chi connectivity index (χ3n) is 6.28. The van der Waals surface area contributed by atoms with Gasteiger partial charge in [-0.25, -0.2) is 0 Å². The van der Waals surface area contributed by atoms with Crippen LogP contribution < -0.4 is 16.0 Å². The molecule has 0 spiro atoms. The number of rotatable bonds is 10. The molecule has 2 fully saturated rings. The molecule has 0 aromatic carbocycles. The molecule has 0 aromatic heterocycles. The molecule has 8 nitrogen and oxygen atoms in total. The number of nitrogens with one attached hydrogen (secondary N) is 4. The standard InChI is InChI=1S/C24H40N4O4/c1-15(2)32-23(26-10-8-16(3)27-18(5)29)21(14-25)22(30)28-17(4)20-11-19-7-6-9-24(31,12-19)13-20/h8,10,14-17,19-20,25-26,31H,6-7,9,11-13H2,1-5H3,(H,27,29)(H,28,30)/b10-8+,23-21-,25-14?/t16?,17-,19?,20?,24+/m1/s1. The highest BCUT2D eigenvalue weighted by Crippen LogP contribution is 2.46. The maximum absolute atomic E-state index is 13.0. The molecule has 8 heteroatoms. The molecule has 2 aliphatic carbocycles. The number of hydrogen-bond acceptors (Lipinski definition) is 6. The van der Waals surface area contributed by atoms with Crippen molar-refractivity contribution < 1.29 is 19.4 Å². The Hall–Kier alpha value is -2.35. The molecule has 3 unspecified atom stereocenters. The van der Waals surface area contributed by atoms with Crippen molar-refractivity contribution in [3.05, 3.63) is 23.7 Å². The zero-order valence-corrected chi connectivity index (χ0v) is 20.0. The van der Waals surface area contributed by atoms with Gasteiger partial charge in [0.1, 0.15) is 5.57 Å². The molecule has 0 saturated heterocycles. The molecule has 0 heterocycles. The van der Waals surface area contributed by atoms with Crippen molar-refractivity contribution in [2.75, 3.05) is 0 Å². The molecule has 2 saturated carbocycles. The van der Waals surface area contributed by atoms with E-state index in [0.717, 1.165) is 38.3 Å². The molecule has 2 amide bonds. The quantitative estimate of drug-likeness (QED) is 0.200. The third-order valence-corrected chi connectivity index (χ3v) is 6.28. The summed E-state index contributed by atoms with van der Waals surface area (Å²) in [4.78, 5) is 24.2. The second-order valence-corrected chi connectivity index (χ2v) is 9.70. The topological polar surface area (TPSA) is 124 Å². The van der Waals surface area contributed by atoms with Gasteiger partial charge >= 0.3 is 0 Å². The van der Waals surface area contributed by atoms with Gasteiger partial charge in [0.25, 0.3) is 5.91 Å². The SMILES string of the molecule is CC(=O)NC(C)/C=C/N/C(OC(C)C)=C(\C=N)C(=O)N[C@H](C)C1CC2CCC[C@](O)(C2)C1. The highest BCUT2D eigenvalue weighted by molar-refractivity contribution is 6.11. The Morgan fingerprint density at radius 3 is 2.50 bits per heavy atom. The largest absolute Gasteiger partial charge is 0.476 e. The van der Waals surface area contributed by atoms with Crippen LogP contribution in [0, 0.1) is 17.2 Å². The van der Waals surface area contributed by atoms with Crippen molar-refractivity contribution in [1.29, 1.82) is 5.41 Å². The van der Waals surface area contributed by atoms with Gasteiger partial charge in [-0.05, 0) is 71.3 Å². The predicted octanol–water partition coefficient (Wildman–Crippen LogP) is 2.74. The van der Waals surface area contributed by atoms with Gasteiger partial charge in [-0.2, -0.15) is 0 Å². The van der Waals surface area contributed by atoms with Gasteiger partial charge in [0.15, 0.2) is 0 Å². The lowest BCUT2D eigenvalue weighted by atomic mass is 9.64. The number of carbonyl (C=O) groups excluding carboxylic acids is 2. The van der Waals surface area contributed by atoms with E-state index in [-0.39, 0.29) is 47.4 Å². The first-order chi connectivity index (χ1) is 15.0. The number of amides is 2. The average Bonchev–Trinajstić information content (AvgIpc) is 2.66. The van der Waals surface area contributed by atoms with E-state index < -0.39 is 5.60 Å². The average molecular weight is 449 g/mol. The van der Waals surface area contributed by atoms with Crippen LogP contribution in [0.5, 0.6) is 0 Å². The van der Waals surface area contributed by atoms with Gasteiger partial charge < -0.3 is 31.2 Å². The predicted molar refractivity (Wildman–Crippen MR) is 125 cm³/mol. The minimum absolute atomic E-state index is 0.0945. The molecule has 32 heavy (non-hydrogen) atoms. The number of fused-ring (bicyclic) bond motifs is 2. The summed E-state index contributed by atoms with van der Waals surface area (Å²) in [6.45, 7) is 8.93. The minimum Gasteiger partial charge on any atom is -0.476 e. The summed E-state index contributed by atoms with van der Waals surface area (Å²) in [6.07, 6.45) is 9.74. The molecule has 5 N–H and O–H groups in total. The first-order valence-corrected chi connectivity index (χ1v) is 11.7. The highest BCUT2D eigenvalue weighted by Gasteiger charge is 2.43. The van der Waals surface area contributed by atoms with Gasteiger partial charge in [-0.15, -0.1) is 0 Å². The number of aliphatic hydroxyl groups is 1. The zero-order chi connectivity index (χ0) is 23.9. The van der Waals surface area contributed by atoms with Crippen LogP contribution in [0.1, 0.15) is 73.1 Å². The number of carbonyl (C=O) groups is 2. The fourth-order valence-electron chi connectivity index (χ4n) is 4.91. The molecular formula is C24H40N4O4. The normalized spacial score (nSPS) is 27.8. The summed E-state index contributed by atoms with van der Waals surface area (Å²) in [6, 6.07) is -0.324. The second-order valence-electron chi connectivity index (χ2n) is 9.70. The van der Waals surface area contributed by atoms with Crippen molar-refractivity contribution in [1.82, 2.24) is 16.0 Å². The summed E-state index contributed by atoms with van der Waals surface area (Å²) in [7, 11) is 0. The molecule has 180 valence electrons. The Morgan fingerprint density at radius 2 is 1.91 bits per heavy atom. The van der Waals surface area contributed by atoms with E-state index in [1.807, 2.05) is 27.7 Å². The van der Waals surface area contributed by atoms with Crippen LogP contribution in [-0.2, 0) is 14.3 Å². The van der Waals surface area contributed by atoms with Crippen LogP contribution in [0.2, 0.25) is 0 Å². The van der Waals surface area contributed by atoms with E-state index in [2.05, 4.69) is 16.0 Å². The van der Waals surface area contributed by atoms with Crippen molar-refractivity contribution >= 4 is 18.0 Å². The van der Waals surface area contributed by atoms with Crippen LogP contribution in [0.15, 0.2) is 23.7 Å². The summed E-state index contributed by atoms with van der Waals surface area (Å²) in [5.74, 6) is 0.380. The Morgan fingerprint density at radius 1 is 1.19 bits per heavy atom. The van der Waals surface area contributed by atoms with E-state index >= 15 is 0 Å². The van der Waals surface area contributed by atoms with Crippen LogP contribution in [0.3, 0.4) is 0 Å². The first-order valence-electron chi connectivity index (χ1n) is 11.7. The Labute approximate surface area is 191 Å². The third kappa shape index (κ3) is 7.65. The van der Waals surface area contributed by atoms with Crippen LogP contribution in [-0.4, -0.2) is 46.9 Å². The fourth-order valence-corrected chi connectivity index (χ4v) is 4.91. The molecule has 2 rings (SSSR count). The summed E-state index contributed by atoms with van der Waals surface area (Å²) >= 11 is 0. The maximum Gasteiger partial charge on any atom is 0.258 e. The van der Waals surface area contributed by atoms with Gasteiger partial charge in [-0.1, -0.05) is 12.8 Å². The Balaban J connectivity index is 2.10. The smallest absolute Gasteiger partial charge is 0.258 e. The van der Waals surface area contributed by atoms with E-state index in [0.29, 0.717) is 12.3 Å². The van der Waals surface area contributed by atoms with Crippen molar-refractivity contribution in [2.45, 2.75) is 96.9 Å². The van der Waals surface area contributed by atoms with Crippen LogP contribution >= 0.6 is 0 Å². The summed E-state index contributed by atoms with van der Waals surface area (Å²) in [5, 5.41) is 27.4. The Bertz CT molecular complexity index is 748. The lowest BCUT2D eigenvalue weighted by molar-refractivity contribution is -0.120. The molecule has 0 radical (unpaired) electrons. The molecule has 5 atom stereocenters. The van der Waals surface area contributed by atoms with E-state index in [1.165, 1.54) is 6.92 Å². The molecule has 0 aromatic rings. The van der Waals surface area contributed by atoms with Crippen LogP contribution in [0.25, 0.3) is 0 Å². The van der Waals surface area contributed by atoms with E-state index in [9.17, 15) is 14.7 Å². The highest BCUT2D eigenvalue weighted by atomic mass is 16.5. The lowest BCUT2D eigenvalue weighted by Crippen LogP contribution is -2.49. The van der Waals surface area contributed by atoms with Gasteiger partial charge in [0.2, 0.25) is 11.8 Å². The summed E-state index contributed by atoms with van der Waals surface area (Å²) < 4.78 is 5.77. The monoisotopic (exact) mass is 448 g/mol. The van der Waals surface area contributed by atoms with Crippen molar-refractivity contribution in [3.8, 4) is 0 Å².